The van der Waals surface area contributed by atoms with Crippen molar-refractivity contribution in [2.45, 2.75) is 40.2 Å². The molecule has 1 rings (SSSR count). The first-order valence-corrected chi connectivity index (χ1v) is 7.45. The van der Waals surface area contributed by atoms with E-state index in [1.165, 1.54) is 11.3 Å². The minimum Gasteiger partial charge on any atom is -0.370 e. The number of nitrogens with one attached hydrogen (secondary N) is 1. The molecule has 1 unspecified atom stereocenters. The second-order valence-corrected chi connectivity index (χ2v) is 5.09. The Labute approximate surface area is 123 Å². The van der Waals surface area contributed by atoms with Crippen molar-refractivity contribution in [2.75, 3.05) is 24.5 Å². The summed E-state index contributed by atoms with van der Waals surface area (Å²) in [5, 5.41) is 3.18. The first-order chi connectivity index (χ1) is 9.58. The normalized spacial score (nSPS) is 13.1. The van der Waals surface area contributed by atoms with Crippen molar-refractivity contribution >= 4 is 11.6 Å². The quantitative estimate of drug-likeness (QED) is 0.594. The lowest BCUT2D eigenvalue weighted by Gasteiger charge is -2.24. The number of hydrogen-bond acceptors (Lipinski definition) is 2. The van der Waals surface area contributed by atoms with Gasteiger partial charge in [-0.15, -0.1) is 0 Å². The van der Waals surface area contributed by atoms with Crippen molar-refractivity contribution in [1.29, 1.82) is 0 Å². The predicted molar refractivity (Wildman–Crippen MR) is 88.4 cm³/mol. The zero-order valence-electron chi connectivity index (χ0n) is 13.2. The summed E-state index contributed by atoms with van der Waals surface area (Å²) >= 11 is 0. The number of benzene rings is 1. The number of likely N-dealkylation sites (N-methyl/N-ethyl adjacent to an activating group) is 1. The lowest BCUT2D eigenvalue weighted by molar-refractivity contribution is 0.636. The topological polar surface area (TPSA) is 53.6 Å². The number of aryl methyl sites for hydroxylation is 1. The van der Waals surface area contributed by atoms with E-state index in [0.29, 0.717) is 18.5 Å². The minimum absolute atomic E-state index is 0.373. The standard InChI is InChI=1S/C16H28N4/c1-5-14(4)19-16(17)18-11-12-20(6-2)15-10-8-7-9-13(15)3/h7-10,14H,5-6,11-12H2,1-4H3,(H3,17,18,19). The second kappa shape index (κ2) is 8.46. The summed E-state index contributed by atoms with van der Waals surface area (Å²) in [4.78, 5) is 6.73. The van der Waals surface area contributed by atoms with Crippen molar-refractivity contribution < 1.29 is 0 Å². The van der Waals surface area contributed by atoms with Crippen molar-refractivity contribution in [3.8, 4) is 0 Å². The van der Waals surface area contributed by atoms with Gasteiger partial charge in [0.25, 0.3) is 0 Å². The molecule has 4 heteroatoms. The molecule has 0 saturated carbocycles. The highest BCUT2D eigenvalue weighted by Crippen LogP contribution is 2.18. The third-order valence-electron chi connectivity index (χ3n) is 3.50. The summed E-state index contributed by atoms with van der Waals surface area (Å²) in [6.07, 6.45) is 1.04. The fraction of sp³-hybridized carbons (Fsp3) is 0.562. The van der Waals surface area contributed by atoms with Gasteiger partial charge in [-0.3, -0.25) is 4.99 Å². The molecule has 0 heterocycles. The Bertz CT molecular complexity index is 428. The van der Waals surface area contributed by atoms with Gasteiger partial charge in [-0.2, -0.15) is 0 Å². The largest absolute Gasteiger partial charge is 0.370 e. The molecule has 0 aliphatic rings. The number of rotatable bonds is 7. The number of nitrogens with two attached hydrogens (primary N) is 1. The molecule has 0 amide bonds. The molecular weight excluding hydrogens is 248 g/mol. The molecule has 0 aliphatic heterocycles. The van der Waals surface area contributed by atoms with Crippen molar-refractivity contribution in [2.24, 2.45) is 10.7 Å². The van der Waals surface area contributed by atoms with Crippen LogP contribution >= 0.6 is 0 Å². The predicted octanol–water partition coefficient (Wildman–Crippen LogP) is 2.52. The van der Waals surface area contributed by atoms with Gasteiger partial charge in [0.15, 0.2) is 5.96 Å². The van der Waals surface area contributed by atoms with Gasteiger partial charge in [-0.1, -0.05) is 25.1 Å². The lowest BCUT2D eigenvalue weighted by atomic mass is 10.2. The Kier molecular flexibility index (Phi) is 6.91. The molecule has 112 valence electrons. The average molecular weight is 276 g/mol. The smallest absolute Gasteiger partial charge is 0.188 e. The highest BCUT2D eigenvalue weighted by Gasteiger charge is 2.06. The Balaban J connectivity index is 2.54. The van der Waals surface area contributed by atoms with Gasteiger partial charge in [0.1, 0.15) is 0 Å². The molecule has 20 heavy (non-hydrogen) atoms. The first kappa shape index (κ1) is 16.3. The second-order valence-electron chi connectivity index (χ2n) is 5.09. The van der Waals surface area contributed by atoms with E-state index in [1.807, 2.05) is 0 Å². The van der Waals surface area contributed by atoms with Crippen LogP contribution in [-0.2, 0) is 0 Å². The van der Waals surface area contributed by atoms with Gasteiger partial charge < -0.3 is 16.0 Å². The average Bonchev–Trinajstić information content (AvgIpc) is 2.44. The van der Waals surface area contributed by atoms with Gasteiger partial charge >= 0.3 is 0 Å². The zero-order chi connectivity index (χ0) is 15.0. The Morgan fingerprint density at radius 1 is 1.35 bits per heavy atom. The van der Waals surface area contributed by atoms with E-state index in [4.69, 9.17) is 5.73 Å². The summed E-state index contributed by atoms with van der Waals surface area (Å²) in [7, 11) is 0. The summed E-state index contributed by atoms with van der Waals surface area (Å²) < 4.78 is 0. The summed E-state index contributed by atoms with van der Waals surface area (Å²) in [6, 6.07) is 8.81. The minimum atomic E-state index is 0.373. The van der Waals surface area contributed by atoms with Crippen LogP contribution in [0.4, 0.5) is 5.69 Å². The Hall–Kier alpha value is -1.71. The fourth-order valence-corrected chi connectivity index (χ4v) is 2.06. The molecule has 1 aromatic carbocycles. The number of hydrogen-bond donors (Lipinski definition) is 2. The molecule has 0 spiro atoms. The van der Waals surface area contributed by atoms with Crippen LogP contribution in [-0.4, -0.2) is 31.6 Å². The Morgan fingerprint density at radius 3 is 2.65 bits per heavy atom. The summed E-state index contributed by atoms with van der Waals surface area (Å²) in [5.74, 6) is 0.542. The number of guanidine groups is 1. The van der Waals surface area contributed by atoms with Crippen LogP contribution in [0.1, 0.15) is 32.8 Å². The third kappa shape index (κ3) is 5.11. The van der Waals surface area contributed by atoms with Crippen LogP contribution in [0.3, 0.4) is 0 Å². The maximum Gasteiger partial charge on any atom is 0.188 e. The van der Waals surface area contributed by atoms with Crippen LogP contribution in [0, 0.1) is 6.92 Å². The monoisotopic (exact) mass is 276 g/mol. The van der Waals surface area contributed by atoms with Gasteiger partial charge in [-0.05, 0) is 38.8 Å². The molecule has 0 aromatic heterocycles. The molecule has 0 aliphatic carbocycles. The van der Waals surface area contributed by atoms with E-state index in [0.717, 1.165) is 19.5 Å². The highest BCUT2D eigenvalue weighted by atomic mass is 15.2. The number of nitrogens with zero attached hydrogens (tertiary/aromatic N) is 2. The molecule has 3 N–H and O–H groups in total. The fourth-order valence-electron chi connectivity index (χ4n) is 2.06. The SMILES string of the molecule is CCC(C)NC(N)=NCCN(CC)c1ccccc1C. The number of aliphatic imine (C=N–C) groups is 1. The van der Waals surface area contributed by atoms with Crippen LogP contribution in [0.2, 0.25) is 0 Å². The van der Waals surface area contributed by atoms with Gasteiger partial charge in [0, 0.05) is 24.8 Å². The number of para-hydroxylation sites is 1. The maximum absolute atomic E-state index is 5.87. The summed E-state index contributed by atoms with van der Waals surface area (Å²) in [5.41, 5.74) is 8.44. The van der Waals surface area contributed by atoms with Crippen LogP contribution in [0.15, 0.2) is 29.3 Å². The molecule has 0 bridgehead atoms. The maximum atomic E-state index is 5.87. The summed E-state index contributed by atoms with van der Waals surface area (Å²) in [6.45, 7) is 11.1. The lowest BCUT2D eigenvalue weighted by Crippen LogP contribution is -2.38. The van der Waals surface area contributed by atoms with E-state index in [9.17, 15) is 0 Å². The van der Waals surface area contributed by atoms with Crippen molar-refractivity contribution in [1.82, 2.24) is 5.32 Å². The van der Waals surface area contributed by atoms with Gasteiger partial charge in [0.2, 0.25) is 0 Å². The molecule has 0 saturated heterocycles. The van der Waals surface area contributed by atoms with Crippen LogP contribution in [0.25, 0.3) is 0 Å². The van der Waals surface area contributed by atoms with Crippen molar-refractivity contribution in [3.63, 3.8) is 0 Å². The highest BCUT2D eigenvalue weighted by molar-refractivity contribution is 5.78. The molecule has 1 aromatic rings. The van der Waals surface area contributed by atoms with Gasteiger partial charge in [-0.25, -0.2) is 0 Å². The number of anilines is 1. The first-order valence-electron chi connectivity index (χ1n) is 7.45. The zero-order valence-corrected chi connectivity index (χ0v) is 13.2. The Morgan fingerprint density at radius 2 is 2.05 bits per heavy atom. The van der Waals surface area contributed by atoms with E-state index in [2.05, 4.69) is 67.2 Å². The molecule has 1 atom stereocenters. The molecule has 0 fully saturated rings. The van der Waals surface area contributed by atoms with Crippen LogP contribution < -0.4 is 16.0 Å². The van der Waals surface area contributed by atoms with Crippen LogP contribution in [0.5, 0.6) is 0 Å². The molecular formula is C16H28N4. The van der Waals surface area contributed by atoms with E-state index in [-0.39, 0.29) is 0 Å². The van der Waals surface area contributed by atoms with Crippen molar-refractivity contribution in [3.05, 3.63) is 29.8 Å². The third-order valence-corrected chi connectivity index (χ3v) is 3.50. The van der Waals surface area contributed by atoms with E-state index in [1.54, 1.807) is 0 Å². The van der Waals surface area contributed by atoms with Gasteiger partial charge in [0.05, 0.1) is 6.54 Å². The molecule has 0 radical (unpaired) electrons. The molecule has 4 nitrogen and oxygen atoms in total. The van der Waals surface area contributed by atoms with E-state index < -0.39 is 0 Å². The van der Waals surface area contributed by atoms with E-state index >= 15 is 0 Å².